The summed E-state index contributed by atoms with van der Waals surface area (Å²) in [6, 6.07) is 3.29. The first-order chi connectivity index (χ1) is 11.6. The molecule has 0 unspecified atom stereocenters. The van der Waals surface area contributed by atoms with Crippen LogP contribution in [0.2, 0.25) is 0 Å². The molecule has 0 saturated heterocycles. The van der Waals surface area contributed by atoms with E-state index in [1.165, 1.54) is 26.7 Å². The van der Waals surface area contributed by atoms with Gasteiger partial charge in [-0.1, -0.05) is 6.42 Å². The summed E-state index contributed by atoms with van der Waals surface area (Å²) in [6.45, 7) is 0. The van der Waals surface area contributed by atoms with Gasteiger partial charge in [-0.3, -0.25) is 4.79 Å². The van der Waals surface area contributed by atoms with Gasteiger partial charge in [-0.2, -0.15) is 0 Å². The Morgan fingerprint density at radius 1 is 1.08 bits per heavy atom. The molecule has 128 valence electrons. The highest BCUT2D eigenvalue weighted by atomic mass is 16.5. The molecule has 0 bridgehead atoms. The van der Waals surface area contributed by atoms with Gasteiger partial charge in [0.2, 0.25) is 0 Å². The highest BCUT2D eigenvalue weighted by molar-refractivity contribution is 6.12. The second-order valence-electron chi connectivity index (χ2n) is 5.96. The molecule has 0 atom stereocenters. The predicted octanol–water partition coefficient (Wildman–Crippen LogP) is 2.66. The molecule has 24 heavy (non-hydrogen) atoms. The van der Waals surface area contributed by atoms with Crippen LogP contribution >= 0.6 is 0 Å². The summed E-state index contributed by atoms with van der Waals surface area (Å²) < 4.78 is 16.0. The van der Waals surface area contributed by atoms with Gasteiger partial charge < -0.3 is 19.5 Å². The summed E-state index contributed by atoms with van der Waals surface area (Å²) in [4.78, 5) is 24.3. The van der Waals surface area contributed by atoms with Crippen LogP contribution in [0.25, 0.3) is 5.70 Å². The Morgan fingerprint density at radius 2 is 1.71 bits per heavy atom. The predicted molar refractivity (Wildman–Crippen MR) is 88.0 cm³/mol. The monoisotopic (exact) mass is 331 g/mol. The SMILES string of the molecule is COc1cc2c(cc1OC)/C(=C/C(=O)OC1CCCCC1)NC2=O. The van der Waals surface area contributed by atoms with Gasteiger partial charge in [0.05, 0.1) is 25.5 Å². The molecule has 0 aromatic heterocycles. The highest BCUT2D eigenvalue weighted by Gasteiger charge is 2.27. The number of rotatable bonds is 4. The fraction of sp³-hybridized carbons (Fsp3) is 0.444. The molecule has 0 spiro atoms. The van der Waals surface area contributed by atoms with Crippen molar-refractivity contribution in [3.63, 3.8) is 0 Å². The molecule has 0 radical (unpaired) electrons. The number of fused-ring (bicyclic) bond motifs is 1. The summed E-state index contributed by atoms with van der Waals surface area (Å²) in [6.07, 6.45) is 6.50. The third-order valence-electron chi connectivity index (χ3n) is 4.40. The largest absolute Gasteiger partial charge is 0.493 e. The van der Waals surface area contributed by atoms with Crippen molar-refractivity contribution in [2.75, 3.05) is 14.2 Å². The molecule has 2 aliphatic rings. The summed E-state index contributed by atoms with van der Waals surface area (Å²) in [5.74, 6) is 0.263. The van der Waals surface area contributed by atoms with E-state index in [0.717, 1.165) is 25.7 Å². The van der Waals surface area contributed by atoms with E-state index in [0.29, 0.717) is 28.3 Å². The topological polar surface area (TPSA) is 73.9 Å². The zero-order chi connectivity index (χ0) is 17.1. The first-order valence-corrected chi connectivity index (χ1v) is 8.12. The van der Waals surface area contributed by atoms with Crippen molar-refractivity contribution in [2.45, 2.75) is 38.2 Å². The number of hydrogen-bond acceptors (Lipinski definition) is 5. The van der Waals surface area contributed by atoms with Gasteiger partial charge in [0.1, 0.15) is 6.10 Å². The molecule has 1 amide bonds. The zero-order valence-corrected chi connectivity index (χ0v) is 13.9. The number of methoxy groups -OCH3 is 2. The quantitative estimate of drug-likeness (QED) is 0.678. The molecule has 1 aliphatic carbocycles. The Kier molecular flexibility index (Phi) is 4.74. The smallest absolute Gasteiger partial charge is 0.333 e. The summed E-state index contributed by atoms with van der Waals surface area (Å²) in [7, 11) is 3.03. The molecule has 1 aromatic rings. The third-order valence-corrected chi connectivity index (χ3v) is 4.40. The van der Waals surface area contributed by atoms with E-state index in [2.05, 4.69) is 5.32 Å². The van der Waals surface area contributed by atoms with Crippen molar-refractivity contribution in [1.29, 1.82) is 0 Å². The lowest BCUT2D eigenvalue weighted by atomic mass is 9.98. The Bertz CT molecular complexity index is 689. The van der Waals surface area contributed by atoms with E-state index >= 15 is 0 Å². The molecule has 6 heteroatoms. The van der Waals surface area contributed by atoms with Crippen LogP contribution in [0.5, 0.6) is 11.5 Å². The van der Waals surface area contributed by atoms with Gasteiger partial charge >= 0.3 is 5.97 Å². The van der Waals surface area contributed by atoms with Crippen molar-refractivity contribution >= 4 is 17.6 Å². The Balaban J connectivity index is 1.83. The highest BCUT2D eigenvalue weighted by Crippen LogP contribution is 2.36. The Morgan fingerprint density at radius 3 is 2.33 bits per heavy atom. The molecule has 1 heterocycles. The van der Waals surface area contributed by atoms with Crippen LogP contribution < -0.4 is 14.8 Å². The van der Waals surface area contributed by atoms with Crippen LogP contribution in [0, 0.1) is 0 Å². The second-order valence-corrected chi connectivity index (χ2v) is 5.96. The molecular weight excluding hydrogens is 310 g/mol. The van der Waals surface area contributed by atoms with E-state index in [1.807, 2.05) is 0 Å². The van der Waals surface area contributed by atoms with Gasteiger partial charge in [-0.25, -0.2) is 4.79 Å². The zero-order valence-electron chi connectivity index (χ0n) is 13.9. The van der Waals surface area contributed by atoms with Crippen molar-refractivity contribution in [3.05, 3.63) is 29.3 Å². The number of benzene rings is 1. The second kappa shape index (κ2) is 6.95. The molecule has 1 fully saturated rings. The van der Waals surface area contributed by atoms with Gasteiger partial charge in [-0.15, -0.1) is 0 Å². The van der Waals surface area contributed by atoms with Crippen LogP contribution in [0.4, 0.5) is 0 Å². The molecule has 6 nitrogen and oxygen atoms in total. The van der Waals surface area contributed by atoms with Gasteiger partial charge in [-0.05, 0) is 37.8 Å². The Hall–Kier alpha value is -2.50. The molecule has 1 aliphatic heterocycles. The van der Waals surface area contributed by atoms with Crippen LogP contribution in [-0.4, -0.2) is 32.2 Å². The first-order valence-electron chi connectivity index (χ1n) is 8.12. The maximum absolute atomic E-state index is 12.2. The van der Waals surface area contributed by atoms with Gasteiger partial charge in [0.15, 0.2) is 11.5 Å². The summed E-state index contributed by atoms with van der Waals surface area (Å²) in [5, 5.41) is 2.70. The normalized spacial score (nSPS) is 18.9. The number of ether oxygens (including phenoxy) is 3. The first kappa shape index (κ1) is 16.4. The van der Waals surface area contributed by atoms with Crippen molar-refractivity contribution in [3.8, 4) is 11.5 Å². The van der Waals surface area contributed by atoms with Gasteiger partial charge in [0, 0.05) is 11.6 Å². The average Bonchev–Trinajstić information content (AvgIpc) is 2.89. The fourth-order valence-corrected chi connectivity index (χ4v) is 3.16. The van der Waals surface area contributed by atoms with Crippen molar-refractivity contribution in [2.24, 2.45) is 0 Å². The van der Waals surface area contributed by atoms with E-state index in [4.69, 9.17) is 14.2 Å². The maximum Gasteiger partial charge on any atom is 0.333 e. The van der Waals surface area contributed by atoms with Gasteiger partial charge in [0.25, 0.3) is 5.91 Å². The molecule has 1 N–H and O–H groups in total. The van der Waals surface area contributed by atoms with Crippen LogP contribution in [0.3, 0.4) is 0 Å². The van der Waals surface area contributed by atoms with Crippen molar-refractivity contribution in [1.82, 2.24) is 5.32 Å². The van der Waals surface area contributed by atoms with Crippen LogP contribution in [-0.2, 0) is 9.53 Å². The lowest BCUT2D eigenvalue weighted by Crippen LogP contribution is -2.20. The molecule has 1 saturated carbocycles. The number of nitrogens with one attached hydrogen (secondary N) is 1. The standard InChI is InChI=1S/C18H21NO5/c1-22-15-8-12-13(9-16(15)23-2)18(21)19-14(12)10-17(20)24-11-6-4-3-5-7-11/h8-11H,3-7H2,1-2H3,(H,19,21)/b14-10-. The minimum absolute atomic E-state index is 0.0231. The average molecular weight is 331 g/mol. The molecular formula is C18H21NO5. The molecule has 1 aromatic carbocycles. The van der Waals surface area contributed by atoms with E-state index in [9.17, 15) is 9.59 Å². The number of hydrogen-bond donors (Lipinski definition) is 1. The number of amides is 1. The third kappa shape index (κ3) is 3.22. The number of carbonyl (C=O) groups is 2. The molecule has 3 rings (SSSR count). The van der Waals surface area contributed by atoms with E-state index < -0.39 is 5.97 Å². The fourth-order valence-electron chi connectivity index (χ4n) is 3.16. The Labute approximate surface area is 140 Å². The minimum atomic E-state index is -0.431. The minimum Gasteiger partial charge on any atom is -0.493 e. The lowest BCUT2D eigenvalue weighted by molar-refractivity contribution is -0.144. The van der Waals surface area contributed by atoms with E-state index in [1.54, 1.807) is 12.1 Å². The van der Waals surface area contributed by atoms with Crippen LogP contribution in [0.1, 0.15) is 48.0 Å². The maximum atomic E-state index is 12.2. The number of esters is 1. The van der Waals surface area contributed by atoms with Crippen LogP contribution in [0.15, 0.2) is 18.2 Å². The van der Waals surface area contributed by atoms with Crippen molar-refractivity contribution < 1.29 is 23.8 Å². The summed E-state index contributed by atoms with van der Waals surface area (Å²) in [5.41, 5.74) is 1.49. The van der Waals surface area contributed by atoms with E-state index in [-0.39, 0.29) is 12.0 Å². The number of carbonyl (C=O) groups excluding carboxylic acids is 2. The lowest BCUT2D eigenvalue weighted by Gasteiger charge is -2.21. The summed E-state index contributed by atoms with van der Waals surface area (Å²) >= 11 is 0.